The van der Waals surface area contributed by atoms with Crippen molar-refractivity contribution in [2.24, 2.45) is 28.6 Å². The quantitative estimate of drug-likeness (QED) is 0.372. The van der Waals surface area contributed by atoms with Gasteiger partial charge in [0, 0.05) is 35.2 Å². The van der Waals surface area contributed by atoms with Gasteiger partial charge in [0.25, 0.3) is 0 Å². The van der Waals surface area contributed by atoms with E-state index in [1.165, 1.54) is 11.8 Å². The Labute approximate surface area is 257 Å². The molecule has 5 unspecified atom stereocenters. The predicted molar refractivity (Wildman–Crippen MR) is 164 cm³/mol. The Morgan fingerprint density at radius 3 is 2.77 bits per heavy atom. The van der Waals surface area contributed by atoms with E-state index in [0.717, 1.165) is 59.7 Å². The lowest BCUT2D eigenvalue weighted by Crippen LogP contribution is -2.61. The zero-order valence-electron chi connectivity index (χ0n) is 25.0. The lowest BCUT2D eigenvalue weighted by atomic mass is 9.46. The van der Waals surface area contributed by atoms with Crippen molar-refractivity contribution in [2.75, 3.05) is 32.1 Å². The number of ether oxygens (including phenoxy) is 1. The number of morpholine rings is 1. The fraction of sp³-hybridized carbons (Fsp3) is 0.588. The third-order valence-corrected chi connectivity index (χ3v) is 12.5. The van der Waals surface area contributed by atoms with Gasteiger partial charge >= 0.3 is 0 Å². The molecule has 0 bridgehead atoms. The van der Waals surface area contributed by atoms with Crippen molar-refractivity contribution in [3.8, 4) is 0 Å². The number of ketones is 2. The van der Waals surface area contributed by atoms with E-state index in [9.17, 15) is 19.8 Å². The molecule has 2 N–H and O–H groups in total. The SMILES string of the molecule is CC12C=CC(=O)C=C1CCC1C2[C@@H](O)CC2(C)C1CC[C@]2(O)C(=O)CSc1nc(CN2CCOCC2)nc2ccccc12. The van der Waals surface area contributed by atoms with Gasteiger partial charge in [0.2, 0.25) is 0 Å². The summed E-state index contributed by atoms with van der Waals surface area (Å²) in [6, 6.07) is 7.88. The summed E-state index contributed by atoms with van der Waals surface area (Å²) >= 11 is 1.38. The third kappa shape index (κ3) is 4.74. The van der Waals surface area contributed by atoms with Gasteiger partial charge in [-0.1, -0.05) is 55.5 Å². The van der Waals surface area contributed by atoms with Crippen molar-refractivity contribution >= 4 is 34.2 Å². The number of rotatable bonds is 6. The van der Waals surface area contributed by atoms with Crippen molar-refractivity contribution in [1.82, 2.24) is 14.9 Å². The lowest BCUT2D eigenvalue weighted by molar-refractivity contribution is -0.174. The van der Waals surface area contributed by atoms with Crippen molar-refractivity contribution in [2.45, 2.75) is 69.2 Å². The number of Topliss-reactive ketones (excluding diaryl/α,β-unsaturated/α-hetero) is 1. The summed E-state index contributed by atoms with van der Waals surface area (Å²) in [4.78, 5) is 38.2. The maximum atomic E-state index is 14.1. The van der Waals surface area contributed by atoms with Crippen LogP contribution in [0.1, 0.15) is 51.8 Å². The van der Waals surface area contributed by atoms with Gasteiger partial charge in [-0.3, -0.25) is 14.5 Å². The number of nitrogens with zero attached hydrogens (tertiary/aromatic N) is 3. The first-order valence-corrected chi connectivity index (χ1v) is 16.7. The number of thioether (sulfide) groups is 1. The highest BCUT2D eigenvalue weighted by Crippen LogP contribution is 2.67. The molecule has 8 nitrogen and oxygen atoms in total. The number of fused-ring (bicyclic) bond motifs is 6. The number of benzene rings is 1. The van der Waals surface area contributed by atoms with Gasteiger partial charge in [-0.2, -0.15) is 0 Å². The van der Waals surface area contributed by atoms with Crippen LogP contribution in [0.2, 0.25) is 0 Å². The molecule has 2 aromatic rings. The van der Waals surface area contributed by atoms with Crippen LogP contribution in [0.15, 0.2) is 53.1 Å². The van der Waals surface area contributed by atoms with E-state index >= 15 is 0 Å². The van der Waals surface area contributed by atoms with Gasteiger partial charge in [-0.05, 0) is 62.2 Å². The van der Waals surface area contributed by atoms with E-state index in [-0.39, 0.29) is 40.5 Å². The van der Waals surface area contributed by atoms with Crippen molar-refractivity contribution in [1.29, 1.82) is 0 Å². The normalized spacial score (nSPS) is 37.5. The van der Waals surface area contributed by atoms with Crippen LogP contribution in [0, 0.1) is 28.6 Å². The number of carbonyl (C=O) groups excluding carboxylic acids is 2. The van der Waals surface area contributed by atoms with E-state index in [1.54, 1.807) is 12.2 Å². The third-order valence-electron chi connectivity index (χ3n) is 11.5. The van der Waals surface area contributed by atoms with Crippen molar-refractivity contribution in [3.05, 3.63) is 53.9 Å². The van der Waals surface area contributed by atoms with Crippen molar-refractivity contribution < 1.29 is 24.5 Å². The summed E-state index contributed by atoms with van der Waals surface area (Å²) in [6.45, 7) is 7.87. The molecule has 5 aliphatic rings. The summed E-state index contributed by atoms with van der Waals surface area (Å²) in [6.07, 6.45) is 7.93. The smallest absolute Gasteiger partial charge is 0.178 e. The molecule has 0 spiro atoms. The Hall–Kier alpha value is -2.43. The number of aliphatic hydroxyl groups excluding tert-OH is 1. The van der Waals surface area contributed by atoms with Gasteiger partial charge in [-0.25, -0.2) is 9.97 Å². The topological polar surface area (TPSA) is 113 Å². The second-order valence-corrected chi connectivity index (χ2v) is 14.6. The first kappa shape index (κ1) is 29.3. The van der Waals surface area contributed by atoms with E-state index < -0.39 is 17.1 Å². The number of hydrogen-bond donors (Lipinski definition) is 2. The average Bonchev–Trinajstić information content (AvgIpc) is 3.27. The zero-order valence-corrected chi connectivity index (χ0v) is 25.8. The Bertz CT molecular complexity index is 1520. The van der Waals surface area contributed by atoms with Crippen LogP contribution in [0.4, 0.5) is 0 Å². The van der Waals surface area contributed by atoms with Gasteiger partial charge in [0.15, 0.2) is 11.6 Å². The Balaban J connectivity index is 1.12. The minimum atomic E-state index is -1.51. The minimum Gasteiger partial charge on any atom is -0.393 e. The lowest BCUT2D eigenvalue weighted by Gasteiger charge is -2.59. The fourth-order valence-corrected chi connectivity index (χ4v) is 10.3. The fourth-order valence-electron chi connectivity index (χ4n) is 9.28. The van der Waals surface area contributed by atoms with Gasteiger partial charge in [-0.15, -0.1) is 0 Å². The first-order chi connectivity index (χ1) is 20.6. The summed E-state index contributed by atoms with van der Waals surface area (Å²) in [5.41, 5.74) is -0.640. The summed E-state index contributed by atoms with van der Waals surface area (Å²) in [5.74, 6) is 0.943. The van der Waals surface area contributed by atoms with Crippen LogP contribution in [-0.4, -0.2) is 80.4 Å². The number of aliphatic hydroxyl groups is 2. The molecule has 4 fully saturated rings. The summed E-state index contributed by atoms with van der Waals surface area (Å²) in [5, 5.41) is 25.6. The zero-order chi connectivity index (χ0) is 30.0. The monoisotopic (exact) mass is 603 g/mol. The van der Waals surface area contributed by atoms with Crippen LogP contribution < -0.4 is 0 Å². The summed E-state index contributed by atoms with van der Waals surface area (Å²) in [7, 11) is 0. The van der Waals surface area contributed by atoms with Gasteiger partial charge < -0.3 is 14.9 Å². The molecule has 3 saturated carbocycles. The molecule has 1 aromatic carbocycles. The maximum absolute atomic E-state index is 14.1. The number of aromatic nitrogens is 2. The molecular weight excluding hydrogens is 562 g/mol. The van der Waals surface area contributed by atoms with Crippen LogP contribution in [0.25, 0.3) is 10.9 Å². The predicted octanol–water partition coefficient (Wildman–Crippen LogP) is 4.13. The molecule has 4 aliphatic carbocycles. The van der Waals surface area contributed by atoms with Crippen molar-refractivity contribution in [3.63, 3.8) is 0 Å². The molecule has 2 heterocycles. The molecule has 1 aromatic heterocycles. The van der Waals surface area contributed by atoms with E-state index in [2.05, 4.69) is 11.8 Å². The molecule has 43 heavy (non-hydrogen) atoms. The molecule has 1 saturated heterocycles. The van der Waals surface area contributed by atoms with E-state index in [0.29, 0.717) is 32.6 Å². The molecule has 1 aliphatic heterocycles. The number of allylic oxidation sites excluding steroid dienone is 4. The minimum absolute atomic E-state index is 0.0177. The Kier molecular flexibility index (Phi) is 7.41. The number of hydrogen-bond acceptors (Lipinski definition) is 9. The molecule has 228 valence electrons. The molecule has 9 heteroatoms. The second-order valence-electron chi connectivity index (χ2n) is 13.7. The van der Waals surface area contributed by atoms with E-state index in [4.69, 9.17) is 14.7 Å². The Morgan fingerprint density at radius 1 is 1.16 bits per heavy atom. The highest BCUT2D eigenvalue weighted by atomic mass is 32.2. The van der Waals surface area contributed by atoms with Crippen LogP contribution in [0.5, 0.6) is 0 Å². The van der Waals surface area contributed by atoms with E-state index in [1.807, 2.05) is 37.3 Å². The molecule has 7 atom stereocenters. The maximum Gasteiger partial charge on any atom is 0.178 e. The van der Waals surface area contributed by atoms with Gasteiger partial charge in [0.05, 0.1) is 37.1 Å². The molecular formula is C34H41N3O5S. The number of carbonyl (C=O) groups is 2. The molecule has 0 amide bonds. The van der Waals surface area contributed by atoms with Crippen LogP contribution in [-0.2, 0) is 20.9 Å². The standard InChI is InChI=1S/C34H41N3O5S/c1-32-11-9-22(38)17-21(32)7-8-23-25-10-12-34(41,33(25,2)18-27(39)30(23)32)28(40)20-43-31-24-5-3-4-6-26(24)35-29(36-31)19-37-13-15-42-16-14-37/h3-6,9,11,17,23,25,27,30,39,41H,7-8,10,12-16,18-20H2,1-2H3/t23?,25?,27-,30?,32?,33?,34-/m0/s1. The average molecular weight is 604 g/mol. The van der Waals surface area contributed by atoms with Gasteiger partial charge in [0.1, 0.15) is 16.5 Å². The highest BCUT2D eigenvalue weighted by molar-refractivity contribution is 8.00. The first-order valence-electron chi connectivity index (χ1n) is 15.7. The molecule has 7 rings (SSSR count). The highest BCUT2D eigenvalue weighted by Gasteiger charge is 2.68. The second kappa shape index (κ2) is 10.9. The summed E-state index contributed by atoms with van der Waals surface area (Å²) < 4.78 is 5.49. The largest absolute Gasteiger partial charge is 0.393 e. The molecule has 0 radical (unpaired) electrons. The van der Waals surface area contributed by atoms with Crippen LogP contribution in [0.3, 0.4) is 0 Å². The number of para-hydroxylation sites is 1. The van der Waals surface area contributed by atoms with Crippen LogP contribution >= 0.6 is 11.8 Å². The Morgan fingerprint density at radius 2 is 1.95 bits per heavy atom.